The first-order chi connectivity index (χ1) is 7.62. The van der Waals surface area contributed by atoms with Gasteiger partial charge < -0.3 is 11.1 Å². The van der Waals surface area contributed by atoms with Gasteiger partial charge in [-0.1, -0.05) is 0 Å². The Morgan fingerprint density at radius 3 is 2.81 bits per heavy atom. The summed E-state index contributed by atoms with van der Waals surface area (Å²) in [6.45, 7) is 4.76. The highest BCUT2D eigenvalue weighted by Crippen LogP contribution is 2.25. The van der Waals surface area contributed by atoms with Gasteiger partial charge in [-0.15, -0.1) is 0 Å². The third-order valence-electron chi connectivity index (χ3n) is 3.09. The van der Waals surface area contributed by atoms with Crippen LogP contribution in [-0.2, 0) is 12.8 Å². The molecule has 88 valence electrons. The summed E-state index contributed by atoms with van der Waals surface area (Å²) < 4.78 is 0. The molecule has 0 unspecified atom stereocenters. The van der Waals surface area contributed by atoms with Gasteiger partial charge in [-0.05, 0) is 39.5 Å². The second-order valence-electron chi connectivity index (χ2n) is 5.07. The Balaban J connectivity index is 2.27. The Morgan fingerprint density at radius 2 is 2.06 bits per heavy atom. The average Bonchev–Trinajstić information content (AvgIpc) is 2.29. The first kappa shape index (κ1) is 11.3. The van der Waals surface area contributed by atoms with Crippen molar-refractivity contribution in [2.24, 2.45) is 5.73 Å². The summed E-state index contributed by atoms with van der Waals surface area (Å²) in [6, 6.07) is 0. The molecule has 3 N–H and O–H groups in total. The van der Waals surface area contributed by atoms with Crippen LogP contribution < -0.4 is 11.1 Å². The molecule has 1 heterocycles. The van der Waals surface area contributed by atoms with Gasteiger partial charge in [0.15, 0.2) is 0 Å². The van der Waals surface area contributed by atoms with Gasteiger partial charge >= 0.3 is 0 Å². The van der Waals surface area contributed by atoms with Crippen LogP contribution in [0.15, 0.2) is 6.33 Å². The molecule has 0 radical (unpaired) electrons. The number of fused-ring (bicyclic) bond motifs is 1. The molecule has 1 aromatic rings. The summed E-state index contributed by atoms with van der Waals surface area (Å²) in [5, 5.41) is 3.42. The number of hydrogen-bond acceptors (Lipinski definition) is 4. The van der Waals surface area contributed by atoms with Crippen molar-refractivity contribution in [1.29, 1.82) is 0 Å². The lowest BCUT2D eigenvalue weighted by Crippen LogP contribution is -2.40. The van der Waals surface area contributed by atoms with E-state index in [1.54, 1.807) is 6.33 Å². The smallest absolute Gasteiger partial charge is 0.133 e. The lowest BCUT2D eigenvalue weighted by Gasteiger charge is -2.27. The lowest BCUT2D eigenvalue weighted by atomic mass is 9.95. The number of anilines is 1. The van der Waals surface area contributed by atoms with Crippen LogP contribution in [-0.4, -0.2) is 22.1 Å². The Bertz CT molecular complexity index is 373. The van der Waals surface area contributed by atoms with Crippen LogP contribution in [0.1, 0.15) is 37.9 Å². The van der Waals surface area contributed by atoms with Gasteiger partial charge in [-0.25, -0.2) is 9.97 Å². The van der Waals surface area contributed by atoms with Crippen molar-refractivity contribution in [3.63, 3.8) is 0 Å². The largest absolute Gasteiger partial charge is 0.364 e. The molecule has 1 aromatic heterocycles. The van der Waals surface area contributed by atoms with Crippen molar-refractivity contribution in [3.8, 4) is 0 Å². The molecule has 0 fully saturated rings. The molecular weight excluding hydrogens is 200 g/mol. The average molecular weight is 220 g/mol. The maximum atomic E-state index is 5.72. The Kier molecular flexibility index (Phi) is 3.10. The fourth-order valence-electron chi connectivity index (χ4n) is 2.00. The highest BCUT2D eigenvalue weighted by Gasteiger charge is 2.20. The Hall–Kier alpha value is -1.16. The van der Waals surface area contributed by atoms with Crippen LogP contribution in [0, 0.1) is 0 Å². The normalized spacial score (nSPS) is 15.7. The fourth-order valence-corrected chi connectivity index (χ4v) is 2.00. The van der Waals surface area contributed by atoms with Gasteiger partial charge in [0.1, 0.15) is 12.1 Å². The van der Waals surface area contributed by atoms with E-state index >= 15 is 0 Å². The SMILES string of the molecule is CC(C)(CN)Nc1ncnc2c1CCCC2. The second-order valence-corrected chi connectivity index (χ2v) is 5.07. The molecule has 1 aliphatic rings. The quantitative estimate of drug-likeness (QED) is 0.810. The van der Waals surface area contributed by atoms with E-state index in [1.807, 2.05) is 0 Å². The van der Waals surface area contributed by atoms with Gasteiger partial charge in [0.2, 0.25) is 0 Å². The molecule has 1 aliphatic carbocycles. The molecule has 2 rings (SSSR count). The first-order valence-electron chi connectivity index (χ1n) is 5.93. The molecule has 0 saturated heterocycles. The van der Waals surface area contributed by atoms with Gasteiger partial charge in [0.05, 0.1) is 0 Å². The maximum absolute atomic E-state index is 5.72. The third-order valence-corrected chi connectivity index (χ3v) is 3.09. The Labute approximate surface area is 96.7 Å². The first-order valence-corrected chi connectivity index (χ1v) is 5.93. The lowest BCUT2D eigenvalue weighted by molar-refractivity contribution is 0.572. The highest BCUT2D eigenvalue weighted by molar-refractivity contribution is 5.48. The van der Waals surface area contributed by atoms with Gasteiger partial charge in [-0.2, -0.15) is 0 Å². The zero-order valence-electron chi connectivity index (χ0n) is 10.1. The van der Waals surface area contributed by atoms with Gasteiger partial charge in [-0.3, -0.25) is 0 Å². The van der Waals surface area contributed by atoms with Crippen LogP contribution in [0.4, 0.5) is 5.82 Å². The molecule has 0 saturated carbocycles. The second kappa shape index (κ2) is 4.37. The molecule has 0 aromatic carbocycles. The highest BCUT2D eigenvalue weighted by atomic mass is 15.1. The fraction of sp³-hybridized carbons (Fsp3) is 0.667. The number of nitrogens with two attached hydrogens (primary N) is 1. The van der Waals surface area contributed by atoms with Crippen LogP contribution in [0.2, 0.25) is 0 Å². The zero-order valence-corrected chi connectivity index (χ0v) is 10.1. The Morgan fingerprint density at radius 1 is 1.31 bits per heavy atom. The number of nitrogens with zero attached hydrogens (tertiary/aromatic N) is 2. The zero-order chi connectivity index (χ0) is 11.6. The van der Waals surface area contributed by atoms with Crippen molar-refractivity contribution in [1.82, 2.24) is 9.97 Å². The summed E-state index contributed by atoms with van der Waals surface area (Å²) >= 11 is 0. The number of rotatable bonds is 3. The number of hydrogen-bond donors (Lipinski definition) is 2. The molecule has 0 amide bonds. The minimum atomic E-state index is -0.112. The van der Waals surface area contributed by atoms with Crippen molar-refractivity contribution in [2.45, 2.75) is 45.1 Å². The predicted molar refractivity (Wildman–Crippen MR) is 65.4 cm³/mol. The third kappa shape index (κ3) is 2.32. The molecule has 0 atom stereocenters. The van der Waals surface area contributed by atoms with Crippen molar-refractivity contribution < 1.29 is 0 Å². The van der Waals surface area contributed by atoms with Crippen LogP contribution in [0.25, 0.3) is 0 Å². The van der Waals surface area contributed by atoms with E-state index in [4.69, 9.17) is 5.73 Å². The van der Waals surface area contributed by atoms with Crippen LogP contribution in [0.5, 0.6) is 0 Å². The number of aromatic nitrogens is 2. The maximum Gasteiger partial charge on any atom is 0.133 e. The summed E-state index contributed by atoms with van der Waals surface area (Å²) in [6.07, 6.45) is 6.29. The standard InChI is InChI=1S/C12H20N4/c1-12(2,7-13)16-11-9-5-3-4-6-10(9)14-8-15-11/h8H,3-7,13H2,1-2H3,(H,14,15,16). The predicted octanol–water partition coefficient (Wildman–Crippen LogP) is 1.50. The van der Waals surface area contributed by atoms with E-state index < -0.39 is 0 Å². The van der Waals surface area contributed by atoms with E-state index in [2.05, 4.69) is 29.1 Å². The van der Waals surface area contributed by atoms with Crippen molar-refractivity contribution >= 4 is 5.82 Å². The van der Waals surface area contributed by atoms with E-state index in [0.29, 0.717) is 6.54 Å². The molecule has 0 spiro atoms. The minimum absolute atomic E-state index is 0.112. The molecule has 0 bridgehead atoms. The number of aryl methyl sites for hydroxylation is 1. The monoisotopic (exact) mass is 220 g/mol. The summed E-state index contributed by atoms with van der Waals surface area (Å²) in [5.74, 6) is 0.972. The van der Waals surface area contributed by atoms with E-state index in [-0.39, 0.29) is 5.54 Å². The van der Waals surface area contributed by atoms with E-state index in [0.717, 1.165) is 18.7 Å². The summed E-state index contributed by atoms with van der Waals surface area (Å²) in [4.78, 5) is 8.70. The van der Waals surface area contributed by atoms with Gasteiger partial charge in [0, 0.05) is 23.3 Å². The van der Waals surface area contributed by atoms with Gasteiger partial charge in [0.25, 0.3) is 0 Å². The van der Waals surface area contributed by atoms with Crippen molar-refractivity contribution in [2.75, 3.05) is 11.9 Å². The van der Waals surface area contributed by atoms with E-state index in [1.165, 1.54) is 24.1 Å². The summed E-state index contributed by atoms with van der Waals surface area (Å²) in [7, 11) is 0. The van der Waals surface area contributed by atoms with Crippen molar-refractivity contribution in [3.05, 3.63) is 17.6 Å². The molecule has 4 nitrogen and oxygen atoms in total. The van der Waals surface area contributed by atoms with Crippen LogP contribution in [0.3, 0.4) is 0 Å². The molecule has 0 aliphatic heterocycles. The summed E-state index contributed by atoms with van der Waals surface area (Å²) in [5.41, 5.74) is 8.11. The molecule has 4 heteroatoms. The number of nitrogens with one attached hydrogen (secondary N) is 1. The minimum Gasteiger partial charge on any atom is -0.364 e. The topological polar surface area (TPSA) is 63.8 Å². The molecule has 16 heavy (non-hydrogen) atoms. The van der Waals surface area contributed by atoms with Crippen LogP contribution >= 0.6 is 0 Å². The molecular formula is C12H20N4. The van der Waals surface area contributed by atoms with E-state index in [9.17, 15) is 0 Å².